The van der Waals surface area contributed by atoms with Gasteiger partial charge < -0.3 is 10.6 Å². The van der Waals surface area contributed by atoms with Crippen molar-refractivity contribution >= 4 is 23.1 Å². The van der Waals surface area contributed by atoms with E-state index in [9.17, 15) is 0 Å². The van der Waals surface area contributed by atoms with Crippen LogP contribution in [0.5, 0.6) is 0 Å². The van der Waals surface area contributed by atoms with Gasteiger partial charge in [-0.3, -0.25) is 0 Å². The second-order valence-corrected chi connectivity index (χ2v) is 3.50. The van der Waals surface area contributed by atoms with Gasteiger partial charge in [-0.2, -0.15) is 0 Å². The van der Waals surface area contributed by atoms with Crippen LogP contribution in [0.15, 0.2) is 24.8 Å². The summed E-state index contributed by atoms with van der Waals surface area (Å²) in [5.41, 5.74) is 0. The maximum absolute atomic E-state index is 5.06. The molecule has 2 N–H and O–H groups in total. The summed E-state index contributed by atoms with van der Waals surface area (Å²) in [5, 5.41) is 14.0. The van der Waals surface area contributed by atoms with Crippen molar-refractivity contribution in [2.75, 3.05) is 11.9 Å². The number of rotatable bonds is 3. The van der Waals surface area contributed by atoms with Gasteiger partial charge in [0, 0.05) is 12.6 Å². The van der Waals surface area contributed by atoms with Crippen molar-refractivity contribution < 1.29 is 0 Å². The molecule has 2 heterocycles. The van der Waals surface area contributed by atoms with E-state index in [2.05, 4.69) is 30.9 Å². The highest BCUT2D eigenvalue weighted by molar-refractivity contribution is 7.80. The number of thiocarbonyl (C=S) groups is 1. The van der Waals surface area contributed by atoms with Gasteiger partial charge in [0.25, 0.3) is 0 Å². The van der Waals surface area contributed by atoms with Gasteiger partial charge in [0.1, 0.15) is 12.1 Å². The van der Waals surface area contributed by atoms with Gasteiger partial charge in [0.15, 0.2) is 10.9 Å². The average Bonchev–Trinajstić information content (AvgIpc) is 2.83. The van der Waals surface area contributed by atoms with Crippen molar-refractivity contribution in [1.82, 2.24) is 30.3 Å². The Labute approximate surface area is 103 Å². The molecule has 2 rings (SSSR count). The van der Waals surface area contributed by atoms with Crippen LogP contribution in [-0.4, -0.2) is 36.6 Å². The fraction of sp³-hybridized carbons (Fsp3) is 0.222. The van der Waals surface area contributed by atoms with Crippen molar-refractivity contribution in [3.63, 3.8) is 0 Å². The lowest BCUT2D eigenvalue weighted by Gasteiger charge is -2.08. The first-order chi connectivity index (χ1) is 8.29. The van der Waals surface area contributed by atoms with Crippen LogP contribution in [0.2, 0.25) is 0 Å². The maximum Gasteiger partial charge on any atom is 0.171 e. The van der Waals surface area contributed by atoms with E-state index in [0.717, 1.165) is 6.54 Å². The lowest BCUT2D eigenvalue weighted by atomic mass is 10.5. The second-order valence-electron chi connectivity index (χ2n) is 3.09. The normalized spacial score (nSPS) is 9.94. The van der Waals surface area contributed by atoms with Crippen LogP contribution in [0.3, 0.4) is 0 Å². The summed E-state index contributed by atoms with van der Waals surface area (Å²) >= 11 is 5.06. The molecule has 2 aromatic heterocycles. The van der Waals surface area contributed by atoms with Gasteiger partial charge in [-0.25, -0.2) is 14.6 Å². The Kier molecular flexibility index (Phi) is 3.55. The van der Waals surface area contributed by atoms with Crippen LogP contribution < -0.4 is 10.6 Å². The Morgan fingerprint density at radius 3 is 3.06 bits per heavy atom. The van der Waals surface area contributed by atoms with Gasteiger partial charge in [0.05, 0.1) is 12.4 Å². The van der Waals surface area contributed by atoms with Gasteiger partial charge in [-0.15, -0.1) is 5.10 Å². The lowest BCUT2D eigenvalue weighted by Crippen LogP contribution is -2.28. The number of anilines is 1. The third-order valence-corrected chi connectivity index (χ3v) is 2.14. The molecule has 0 aliphatic rings. The minimum Gasteiger partial charge on any atom is -0.363 e. The summed E-state index contributed by atoms with van der Waals surface area (Å²) in [5.74, 6) is 1.23. The summed E-state index contributed by atoms with van der Waals surface area (Å²) < 4.78 is 1.54. The van der Waals surface area contributed by atoms with E-state index in [-0.39, 0.29) is 0 Å². The Bertz CT molecular complexity index is 496. The highest BCUT2D eigenvalue weighted by Crippen LogP contribution is 2.06. The Morgan fingerprint density at radius 2 is 2.35 bits per heavy atom. The highest BCUT2D eigenvalue weighted by atomic mass is 32.1. The van der Waals surface area contributed by atoms with E-state index in [1.165, 1.54) is 6.33 Å². The van der Waals surface area contributed by atoms with Crippen molar-refractivity contribution in [3.8, 4) is 5.82 Å². The summed E-state index contributed by atoms with van der Waals surface area (Å²) in [6.07, 6.45) is 4.72. The quantitative estimate of drug-likeness (QED) is 0.760. The maximum atomic E-state index is 5.06. The average molecular weight is 249 g/mol. The van der Waals surface area contributed by atoms with Crippen LogP contribution in [0.4, 0.5) is 5.82 Å². The zero-order valence-corrected chi connectivity index (χ0v) is 9.98. The van der Waals surface area contributed by atoms with Crippen LogP contribution >= 0.6 is 12.2 Å². The number of aromatic nitrogens is 5. The summed E-state index contributed by atoms with van der Waals surface area (Å²) in [4.78, 5) is 8.14. The standard InChI is InChI=1S/C9H11N7S/c1-2-10-9(17)14-7-5-8(12-6-11-7)16-4-3-13-15-16/h3-6H,2H2,1H3,(H2,10,11,12,14,17). The van der Waals surface area contributed by atoms with Crippen LogP contribution in [0, 0.1) is 0 Å². The first-order valence-corrected chi connectivity index (χ1v) is 5.44. The largest absolute Gasteiger partial charge is 0.363 e. The Morgan fingerprint density at radius 1 is 1.47 bits per heavy atom. The predicted molar refractivity (Wildman–Crippen MR) is 66.8 cm³/mol. The number of nitrogens with one attached hydrogen (secondary N) is 2. The van der Waals surface area contributed by atoms with Crippen molar-refractivity contribution in [2.24, 2.45) is 0 Å². The molecule has 0 saturated heterocycles. The molecule has 0 fully saturated rings. The van der Waals surface area contributed by atoms with Crippen molar-refractivity contribution in [1.29, 1.82) is 0 Å². The Hall–Kier alpha value is -2.09. The van der Waals surface area contributed by atoms with Gasteiger partial charge in [-0.1, -0.05) is 5.21 Å². The van der Waals surface area contributed by atoms with E-state index in [1.54, 1.807) is 23.1 Å². The van der Waals surface area contributed by atoms with Crippen molar-refractivity contribution in [3.05, 3.63) is 24.8 Å². The number of hydrogen-bond acceptors (Lipinski definition) is 5. The molecule has 88 valence electrons. The molecule has 17 heavy (non-hydrogen) atoms. The smallest absolute Gasteiger partial charge is 0.171 e. The molecule has 0 radical (unpaired) electrons. The van der Waals surface area contributed by atoms with E-state index >= 15 is 0 Å². The molecule has 0 amide bonds. The minimum atomic E-state index is 0.524. The first-order valence-electron chi connectivity index (χ1n) is 5.03. The molecule has 0 unspecified atom stereocenters. The molecular formula is C9H11N7S. The summed E-state index contributed by atoms with van der Waals surface area (Å²) in [6.45, 7) is 2.72. The third kappa shape index (κ3) is 2.94. The molecule has 0 aromatic carbocycles. The third-order valence-electron chi connectivity index (χ3n) is 1.89. The molecule has 2 aromatic rings. The molecule has 0 saturated carbocycles. The molecule has 0 aliphatic heterocycles. The van der Waals surface area contributed by atoms with E-state index in [1.807, 2.05) is 6.92 Å². The van der Waals surface area contributed by atoms with E-state index in [0.29, 0.717) is 16.7 Å². The fourth-order valence-corrected chi connectivity index (χ4v) is 1.44. The van der Waals surface area contributed by atoms with Gasteiger partial charge in [-0.05, 0) is 19.1 Å². The minimum absolute atomic E-state index is 0.524. The van der Waals surface area contributed by atoms with Crippen LogP contribution in [0.1, 0.15) is 6.92 Å². The highest BCUT2D eigenvalue weighted by Gasteiger charge is 2.02. The molecule has 0 atom stereocenters. The summed E-state index contributed by atoms with van der Waals surface area (Å²) in [6, 6.07) is 1.73. The molecular weight excluding hydrogens is 238 g/mol. The topological polar surface area (TPSA) is 80.5 Å². The molecule has 0 spiro atoms. The summed E-state index contributed by atoms with van der Waals surface area (Å²) in [7, 11) is 0. The van der Waals surface area contributed by atoms with E-state index in [4.69, 9.17) is 12.2 Å². The molecule has 0 aliphatic carbocycles. The SMILES string of the molecule is CCNC(=S)Nc1cc(-n2ccnn2)ncn1. The Balaban J connectivity index is 2.15. The van der Waals surface area contributed by atoms with Crippen LogP contribution in [0.25, 0.3) is 5.82 Å². The molecule has 0 bridgehead atoms. The zero-order valence-electron chi connectivity index (χ0n) is 9.16. The second kappa shape index (κ2) is 5.30. The fourth-order valence-electron chi connectivity index (χ4n) is 1.19. The van der Waals surface area contributed by atoms with E-state index < -0.39 is 0 Å². The first kappa shape index (κ1) is 11.4. The monoisotopic (exact) mass is 249 g/mol. The number of hydrogen-bond donors (Lipinski definition) is 2. The number of nitrogens with zero attached hydrogens (tertiary/aromatic N) is 5. The zero-order chi connectivity index (χ0) is 12.1. The van der Waals surface area contributed by atoms with Crippen molar-refractivity contribution in [2.45, 2.75) is 6.92 Å². The van der Waals surface area contributed by atoms with Crippen LogP contribution in [-0.2, 0) is 0 Å². The molecule has 8 heteroatoms. The molecule has 7 nitrogen and oxygen atoms in total. The van der Waals surface area contributed by atoms with Gasteiger partial charge in [0.2, 0.25) is 0 Å². The van der Waals surface area contributed by atoms with Gasteiger partial charge >= 0.3 is 0 Å². The predicted octanol–water partition coefficient (Wildman–Crippen LogP) is 0.364. The lowest BCUT2D eigenvalue weighted by molar-refractivity contribution is 0.778.